The number of para-hydroxylation sites is 2. The van der Waals surface area contributed by atoms with E-state index in [1.807, 2.05) is 69.8 Å². The van der Waals surface area contributed by atoms with Gasteiger partial charge in [-0.1, -0.05) is 78.9 Å². The third-order valence-corrected chi connectivity index (χ3v) is 7.24. The maximum Gasteiger partial charge on any atom is 0.168 e. The molecule has 0 aliphatic heterocycles. The number of rotatable bonds is 8. The van der Waals surface area contributed by atoms with Gasteiger partial charge in [0.2, 0.25) is 0 Å². The fourth-order valence-electron chi connectivity index (χ4n) is 5.00. The first-order valence-electron chi connectivity index (χ1n) is 16.3. The maximum absolute atomic E-state index is 13.1. The number of halogens is 2. The Hall–Kier alpha value is -3.76. The summed E-state index contributed by atoms with van der Waals surface area (Å²) >= 11 is 0. The summed E-state index contributed by atoms with van der Waals surface area (Å²) < 4.78 is 30.2. The molecule has 2 radical (unpaired) electrons. The first-order chi connectivity index (χ1) is 23.5. The summed E-state index contributed by atoms with van der Waals surface area (Å²) in [7, 11) is 0. The quantitative estimate of drug-likeness (QED) is 0.147. The molecule has 53 heavy (non-hydrogen) atoms. The summed E-state index contributed by atoms with van der Waals surface area (Å²) in [5, 5.41) is 34.3. The third kappa shape index (κ3) is 13.9. The molecular formula is C41H51F2Ir2N6O2-. The smallest absolute Gasteiger partial charge is 0.168 e. The van der Waals surface area contributed by atoms with Crippen molar-refractivity contribution in [1.29, 1.82) is 0 Å². The molecule has 0 fully saturated rings. The average molecular weight is 1080 g/mol. The molecular weight excluding hydrogens is 1030 g/mol. The van der Waals surface area contributed by atoms with Crippen molar-refractivity contribution in [3.63, 3.8) is 0 Å². The van der Waals surface area contributed by atoms with Gasteiger partial charge in [-0.15, -0.1) is 45.1 Å². The van der Waals surface area contributed by atoms with Gasteiger partial charge in [0.25, 0.3) is 0 Å². The van der Waals surface area contributed by atoms with E-state index in [9.17, 15) is 8.78 Å². The van der Waals surface area contributed by atoms with E-state index in [0.29, 0.717) is 12.2 Å². The zero-order chi connectivity index (χ0) is 35.5. The van der Waals surface area contributed by atoms with Crippen LogP contribution >= 0.6 is 0 Å². The van der Waals surface area contributed by atoms with Gasteiger partial charge in [-0.25, -0.2) is 4.39 Å². The second kappa shape index (κ2) is 23.8. The molecule has 0 aliphatic carbocycles. The summed E-state index contributed by atoms with van der Waals surface area (Å²) in [6.45, 7) is 11.6. The standard InChI is InChI=1S/C17H16FN3.C17H15FN3.C5H12O2.2CH4.2Ir/c2*1-12(2)16-19-20-17(13-8-10-14(18)11-9-13)21(16)15-6-4-3-5-7-15;1-4(6)3-5(2)7;;;;/h3-12H,1-2H3;3-8,10-12H,1-2H3;4-7H,3H2,1-2H3;2*1H4;;/q;-1;;;;;. The van der Waals surface area contributed by atoms with Crippen molar-refractivity contribution >= 4 is 0 Å². The van der Waals surface area contributed by atoms with Gasteiger partial charge in [0.05, 0.1) is 18.0 Å². The Labute approximate surface area is 340 Å². The minimum Gasteiger partial charge on any atom is -0.393 e. The molecule has 12 heteroatoms. The van der Waals surface area contributed by atoms with Gasteiger partial charge in [-0.2, -0.15) is 5.10 Å². The van der Waals surface area contributed by atoms with Gasteiger partial charge in [-0.05, 0) is 68.8 Å². The van der Waals surface area contributed by atoms with Crippen LogP contribution in [0.4, 0.5) is 8.78 Å². The SMILES string of the molecule is C.C.CC(C)c1nnc(-c2[c-]cc(F)cc2)n1-c1ccccc1.CC(C)c1nnc(-c2ccc(F)cc2)n1-c1ccccc1.CC(O)CC(C)O.[Ir].[Ir]. The number of hydrogen-bond acceptors (Lipinski definition) is 6. The molecule has 2 heterocycles. The van der Waals surface area contributed by atoms with E-state index in [4.69, 9.17) is 10.2 Å². The molecule has 2 unspecified atom stereocenters. The van der Waals surface area contributed by atoms with Crippen LogP contribution in [0.1, 0.15) is 86.3 Å². The number of nitrogens with zero attached hydrogens (tertiary/aromatic N) is 6. The van der Waals surface area contributed by atoms with Crippen molar-refractivity contribution in [3.8, 4) is 34.2 Å². The van der Waals surface area contributed by atoms with Crippen LogP contribution in [-0.2, 0) is 40.2 Å². The van der Waals surface area contributed by atoms with Crippen molar-refractivity contribution in [2.75, 3.05) is 0 Å². The summed E-state index contributed by atoms with van der Waals surface area (Å²) in [5.41, 5.74) is 3.56. The second-order valence-electron chi connectivity index (χ2n) is 12.3. The van der Waals surface area contributed by atoms with Gasteiger partial charge in [0.15, 0.2) is 5.82 Å². The van der Waals surface area contributed by atoms with Crippen LogP contribution in [0.2, 0.25) is 0 Å². The Balaban J connectivity index is 0.000000815. The summed E-state index contributed by atoms with van der Waals surface area (Å²) in [6, 6.07) is 33.5. The molecule has 6 rings (SSSR count). The van der Waals surface area contributed by atoms with Crippen molar-refractivity contribution in [2.24, 2.45) is 0 Å². The fraction of sp³-hybridized carbons (Fsp3) is 0.317. The molecule has 2 aromatic heterocycles. The molecule has 0 aliphatic rings. The zero-order valence-corrected chi connectivity index (χ0v) is 34.1. The summed E-state index contributed by atoms with van der Waals surface area (Å²) in [4.78, 5) is 0. The van der Waals surface area contributed by atoms with Crippen LogP contribution in [0.25, 0.3) is 34.2 Å². The van der Waals surface area contributed by atoms with Gasteiger partial charge in [0, 0.05) is 74.8 Å². The van der Waals surface area contributed by atoms with Crippen molar-refractivity contribution in [1.82, 2.24) is 29.5 Å². The zero-order valence-electron chi connectivity index (χ0n) is 29.3. The van der Waals surface area contributed by atoms with E-state index < -0.39 is 0 Å². The topological polar surface area (TPSA) is 102 Å². The van der Waals surface area contributed by atoms with Gasteiger partial charge in [0.1, 0.15) is 17.5 Å². The van der Waals surface area contributed by atoms with Crippen LogP contribution < -0.4 is 0 Å². The molecule has 8 nitrogen and oxygen atoms in total. The normalized spacial score (nSPS) is 11.2. The van der Waals surface area contributed by atoms with Gasteiger partial charge < -0.3 is 14.8 Å². The third-order valence-electron chi connectivity index (χ3n) is 7.24. The van der Waals surface area contributed by atoms with Crippen LogP contribution in [0.3, 0.4) is 0 Å². The van der Waals surface area contributed by atoms with E-state index in [2.05, 4.69) is 54.2 Å². The minimum atomic E-state index is -0.375. The monoisotopic (exact) mass is 1080 g/mol. The number of hydrogen-bond donors (Lipinski definition) is 2. The Morgan fingerprint density at radius 3 is 1.36 bits per heavy atom. The molecule has 0 saturated heterocycles. The molecule has 0 saturated carbocycles. The van der Waals surface area contributed by atoms with E-state index in [1.165, 1.54) is 24.3 Å². The molecule has 6 aromatic rings. The number of aromatic nitrogens is 6. The molecule has 290 valence electrons. The van der Waals surface area contributed by atoms with E-state index in [0.717, 1.165) is 40.0 Å². The first kappa shape index (κ1) is 49.2. The van der Waals surface area contributed by atoms with E-state index in [1.54, 1.807) is 32.0 Å². The maximum atomic E-state index is 13.1. The molecule has 4 aromatic carbocycles. The van der Waals surface area contributed by atoms with Crippen LogP contribution in [-0.4, -0.2) is 51.9 Å². The van der Waals surface area contributed by atoms with Crippen molar-refractivity contribution in [3.05, 3.63) is 132 Å². The first-order valence-corrected chi connectivity index (χ1v) is 16.3. The van der Waals surface area contributed by atoms with Crippen LogP contribution in [0.15, 0.2) is 103 Å². The predicted molar refractivity (Wildman–Crippen MR) is 202 cm³/mol. The Kier molecular flexibility index (Phi) is 22.1. The molecule has 2 atom stereocenters. The number of aliphatic hydroxyl groups excluding tert-OH is 2. The summed E-state index contributed by atoms with van der Waals surface area (Å²) in [6.07, 6.45) is -0.278. The van der Waals surface area contributed by atoms with Crippen molar-refractivity contribution in [2.45, 2.75) is 86.9 Å². The van der Waals surface area contributed by atoms with E-state index in [-0.39, 0.29) is 90.7 Å². The predicted octanol–water partition coefficient (Wildman–Crippen LogP) is 9.60. The molecule has 0 spiro atoms. The minimum absolute atomic E-state index is 0. The Bertz CT molecular complexity index is 1730. The van der Waals surface area contributed by atoms with Crippen LogP contribution in [0.5, 0.6) is 0 Å². The second-order valence-corrected chi connectivity index (χ2v) is 12.3. The van der Waals surface area contributed by atoms with Gasteiger partial charge >= 0.3 is 0 Å². The molecule has 0 amide bonds. The van der Waals surface area contributed by atoms with Crippen LogP contribution in [0, 0.1) is 17.7 Å². The fourth-order valence-corrected chi connectivity index (χ4v) is 5.00. The Morgan fingerprint density at radius 2 is 0.981 bits per heavy atom. The van der Waals surface area contributed by atoms with Gasteiger partial charge in [-0.3, -0.25) is 8.96 Å². The number of aliphatic hydroxyl groups is 2. The molecule has 0 bridgehead atoms. The number of benzene rings is 4. The average Bonchev–Trinajstić information content (AvgIpc) is 3.73. The summed E-state index contributed by atoms with van der Waals surface area (Å²) in [5.74, 6) is 3.06. The Morgan fingerprint density at radius 1 is 0.566 bits per heavy atom. The largest absolute Gasteiger partial charge is 0.393 e. The van der Waals surface area contributed by atoms with Crippen molar-refractivity contribution < 1.29 is 59.2 Å². The molecule has 2 N–H and O–H groups in total. The van der Waals surface area contributed by atoms with E-state index >= 15 is 0 Å².